The molecule has 6 aromatic rings. The molecule has 2 fully saturated rings. The van der Waals surface area contributed by atoms with Crippen LogP contribution in [0, 0.1) is 12.8 Å². The SMILES string of the molecule is Cc1ncsc1-c1ccc([C@H](C)NC(=O)[C@@H]2C[C@@H](O)CN2C(=O)C(C(C)C)n2cnc(N3CCN(c4ccc5cc(-c6ccccc6O)nnc5c4)CC3)n2)cc1. The molecule has 3 aromatic heterocycles. The minimum atomic E-state index is -0.813. The van der Waals surface area contributed by atoms with Crippen LogP contribution in [0.3, 0.4) is 0 Å². The number of fused-ring (bicyclic) bond motifs is 1. The number of rotatable bonds is 10. The summed E-state index contributed by atoms with van der Waals surface area (Å²) in [6.07, 6.45) is 0.944. The topological polar surface area (TPSA) is 166 Å². The summed E-state index contributed by atoms with van der Waals surface area (Å²) >= 11 is 1.59. The molecule has 14 nitrogen and oxygen atoms in total. The van der Waals surface area contributed by atoms with Gasteiger partial charge in [0.15, 0.2) is 0 Å². The van der Waals surface area contributed by atoms with Crippen molar-refractivity contribution in [3.05, 3.63) is 95.9 Å². The van der Waals surface area contributed by atoms with Crippen LogP contribution in [0.5, 0.6) is 5.75 Å². The van der Waals surface area contributed by atoms with Crippen molar-refractivity contribution in [2.45, 2.75) is 58.3 Å². The fourth-order valence-electron chi connectivity index (χ4n) is 7.83. The summed E-state index contributed by atoms with van der Waals surface area (Å²) in [6, 6.07) is 21.4. The number of aliphatic hydroxyl groups is 1. The summed E-state index contributed by atoms with van der Waals surface area (Å²) in [4.78, 5) is 44.0. The number of carbonyl (C=O) groups excluding carboxylic acids is 2. The number of carbonyl (C=O) groups is 2. The number of aromatic nitrogens is 6. The molecule has 15 heteroatoms. The number of piperazine rings is 1. The molecule has 8 rings (SSSR count). The lowest BCUT2D eigenvalue weighted by Gasteiger charge is -2.35. The number of aliphatic hydroxyl groups excluding tert-OH is 1. The number of hydrogen-bond donors (Lipinski definition) is 3. The van der Waals surface area contributed by atoms with Gasteiger partial charge in [-0.25, -0.2) is 14.6 Å². The number of phenolic OH excluding ortho intramolecular Hbond substituents is 1. The number of nitrogens with one attached hydrogen (secondary N) is 1. The number of anilines is 2. The molecule has 294 valence electrons. The first kappa shape index (κ1) is 38.0. The summed E-state index contributed by atoms with van der Waals surface area (Å²) < 4.78 is 1.61. The van der Waals surface area contributed by atoms with E-state index in [2.05, 4.69) is 41.3 Å². The van der Waals surface area contributed by atoms with E-state index in [1.54, 1.807) is 34.5 Å². The van der Waals surface area contributed by atoms with Gasteiger partial charge in [-0.05, 0) is 61.2 Å². The number of likely N-dealkylation sites (tertiary alicyclic amines) is 1. The molecule has 0 spiro atoms. The van der Waals surface area contributed by atoms with E-state index < -0.39 is 18.2 Å². The maximum Gasteiger partial charge on any atom is 0.248 e. The summed E-state index contributed by atoms with van der Waals surface area (Å²) in [5.74, 6) is -0.0270. The summed E-state index contributed by atoms with van der Waals surface area (Å²) in [7, 11) is 0. The number of amides is 2. The van der Waals surface area contributed by atoms with Crippen molar-refractivity contribution in [3.8, 4) is 27.4 Å². The highest BCUT2D eigenvalue weighted by molar-refractivity contribution is 7.13. The number of β-amino-alcohol motifs (C(OH)–C–C–N with tert-alkyl or cyclic N) is 1. The lowest BCUT2D eigenvalue weighted by molar-refractivity contribution is -0.142. The molecule has 3 N–H and O–H groups in total. The van der Waals surface area contributed by atoms with Crippen LogP contribution in [0.15, 0.2) is 84.6 Å². The highest BCUT2D eigenvalue weighted by Crippen LogP contribution is 2.32. The second-order valence-electron chi connectivity index (χ2n) is 15.2. The Hall–Kier alpha value is -5.93. The van der Waals surface area contributed by atoms with Gasteiger partial charge in [0, 0.05) is 55.8 Å². The fraction of sp³-hybridized carbons (Fsp3) is 0.357. The number of hydrogen-bond acceptors (Lipinski definition) is 12. The molecule has 57 heavy (non-hydrogen) atoms. The fourth-order valence-corrected chi connectivity index (χ4v) is 8.64. The van der Waals surface area contributed by atoms with Crippen LogP contribution in [0.1, 0.15) is 50.5 Å². The van der Waals surface area contributed by atoms with Gasteiger partial charge in [0.05, 0.1) is 39.4 Å². The summed E-state index contributed by atoms with van der Waals surface area (Å²) in [6.45, 7) is 10.7. The molecule has 5 heterocycles. The Labute approximate surface area is 334 Å². The predicted octanol–water partition coefficient (Wildman–Crippen LogP) is 5.39. The number of nitrogens with zero attached hydrogens (tertiary/aromatic N) is 9. The standard InChI is InChI=1S/C42H46N10O4S/c1-25(2)38(41(56)51-22-32(53)21-36(51)40(55)45-26(3)28-9-11-29(12-10-28)39-27(4)44-24-57-39)52-23-43-42(48-52)50-17-15-49(16-18-50)31-14-13-30-19-35(47-46-34(30)20-31)33-7-5-6-8-37(33)54/h5-14,19-20,23-26,32,36,38,53-54H,15-18,21-22H2,1-4H3,(H,45,55)/t26-,32+,36-,38?/m0/s1. The second-order valence-corrected chi connectivity index (χ2v) is 16.0. The average Bonchev–Trinajstić information content (AvgIpc) is 3.98. The number of phenols is 1. The van der Waals surface area contributed by atoms with Gasteiger partial charge in [-0.2, -0.15) is 0 Å². The molecule has 4 atom stereocenters. The molecule has 0 bridgehead atoms. The Morgan fingerprint density at radius 2 is 1.67 bits per heavy atom. The third kappa shape index (κ3) is 7.76. The number of thiazole rings is 1. The average molecular weight is 787 g/mol. The van der Waals surface area contributed by atoms with E-state index in [0.29, 0.717) is 30.3 Å². The van der Waals surface area contributed by atoms with E-state index in [0.717, 1.165) is 51.4 Å². The van der Waals surface area contributed by atoms with Crippen LogP contribution in [-0.2, 0) is 9.59 Å². The quantitative estimate of drug-likeness (QED) is 0.163. The molecule has 2 amide bonds. The second kappa shape index (κ2) is 15.9. The van der Waals surface area contributed by atoms with Crippen molar-refractivity contribution in [1.29, 1.82) is 0 Å². The van der Waals surface area contributed by atoms with Gasteiger partial charge in [-0.3, -0.25) is 9.59 Å². The molecule has 0 radical (unpaired) electrons. The minimum Gasteiger partial charge on any atom is -0.507 e. The minimum absolute atomic E-state index is 0.0685. The molecule has 2 aliphatic rings. The monoisotopic (exact) mass is 786 g/mol. The van der Waals surface area contributed by atoms with Gasteiger partial charge >= 0.3 is 0 Å². The third-order valence-electron chi connectivity index (χ3n) is 11.0. The molecule has 2 aliphatic heterocycles. The smallest absolute Gasteiger partial charge is 0.248 e. The van der Waals surface area contributed by atoms with E-state index in [1.807, 2.05) is 87.8 Å². The zero-order chi connectivity index (χ0) is 39.8. The van der Waals surface area contributed by atoms with Crippen LogP contribution >= 0.6 is 11.3 Å². The van der Waals surface area contributed by atoms with Crippen molar-refractivity contribution in [1.82, 2.24) is 40.2 Å². The Balaban J connectivity index is 0.903. The molecular formula is C42H46N10O4S. The van der Waals surface area contributed by atoms with Gasteiger partial charge in [0.2, 0.25) is 17.8 Å². The Bertz CT molecular complexity index is 2390. The van der Waals surface area contributed by atoms with Gasteiger partial charge in [-0.15, -0.1) is 26.6 Å². The van der Waals surface area contributed by atoms with Crippen molar-refractivity contribution in [2.24, 2.45) is 5.92 Å². The third-order valence-corrected chi connectivity index (χ3v) is 12.0. The lowest BCUT2D eigenvalue weighted by atomic mass is 10.0. The van der Waals surface area contributed by atoms with Crippen LogP contribution in [0.4, 0.5) is 11.6 Å². The maximum atomic E-state index is 14.3. The Kier molecular flexibility index (Phi) is 10.6. The summed E-state index contributed by atoms with van der Waals surface area (Å²) in [5, 5.41) is 38.6. The number of para-hydroxylation sites is 1. The normalized spacial score (nSPS) is 18.3. The van der Waals surface area contributed by atoms with Gasteiger partial charge in [-0.1, -0.05) is 56.3 Å². The first-order chi connectivity index (χ1) is 27.5. The molecule has 1 unspecified atom stereocenters. The van der Waals surface area contributed by atoms with Crippen molar-refractivity contribution >= 4 is 45.7 Å². The lowest BCUT2D eigenvalue weighted by Crippen LogP contribution is -2.49. The maximum absolute atomic E-state index is 14.3. The molecular weight excluding hydrogens is 741 g/mol. The molecule has 2 saturated heterocycles. The molecule has 3 aromatic carbocycles. The van der Waals surface area contributed by atoms with E-state index in [9.17, 15) is 19.8 Å². The molecule has 0 aliphatic carbocycles. The highest BCUT2D eigenvalue weighted by atomic mass is 32.1. The van der Waals surface area contributed by atoms with E-state index >= 15 is 0 Å². The number of benzene rings is 3. The zero-order valence-electron chi connectivity index (χ0n) is 32.4. The Morgan fingerprint density at radius 3 is 2.39 bits per heavy atom. The number of aryl methyl sites for hydroxylation is 1. The highest BCUT2D eigenvalue weighted by Gasteiger charge is 2.43. The molecule has 0 saturated carbocycles. The van der Waals surface area contributed by atoms with Crippen molar-refractivity contribution in [2.75, 3.05) is 42.5 Å². The van der Waals surface area contributed by atoms with Crippen molar-refractivity contribution < 1.29 is 19.8 Å². The van der Waals surface area contributed by atoms with Crippen LogP contribution in [0.2, 0.25) is 0 Å². The largest absolute Gasteiger partial charge is 0.507 e. The van der Waals surface area contributed by atoms with Crippen LogP contribution in [-0.4, -0.2) is 102 Å². The predicted molar refractivity (Wildman–Crippen MR) is 220 cm³/mol. The van der Waals surface area contributed by atoms with E-state index in [-0.39, 0.29) is 42.5 Å². The van der Waals surface area contributed by atoms with Crippen LogP contribution in [0.25, 0.3) is 32.6 Å². The van der Waals surface area contributed by atoms with Crippen molar-refractivity contribution in [3.63, 3.8) is 0 Å². The van der Waals surface area contributed by atoms with E-state index in [1.165, 1.54) is 4.90 Å². The van der Waals surface area contributed by atoms with Gasteiger partial charge in [0.1, 0.15) is 24.2 Å². The number of aromatic hydroxyl groups is 1. The van der Waals surface area contributed by atoms with Gasteiger partial charge in [0.25, 0.3) is 0 Å². The summed E-state index contributed by atoms with van der Waals surface area (Å²) in [5.41, 5.74) is 7.89. The van der Waals surface area contributed by atoms with Gasteiger partial charge < -0.3 is 30.2 Å². The Morgan fingerprint density at radius 1 is 0.912 bits per heavy atom. The van der Waals surface area contributed by atoms with Crippen LogP contribution < -0.4 is 15.1 Å². The first-order valence-corrected chi connectivity index (χ1v) is 20.2. The van der Waals surface area contributed by atoms with E-state index in [4.69, 9.17) is 5.10 Å². The zero-order valence-corrected chi connectivity index (χ0v) is 33.2. The first-order valence-electron chi connectivity index (χ1n) is 19.3.